The molecule has 3 rings (SSSR count). The summed E-state index contributed by atoms with van der Waals surface area (Å²) >= 11 is 0. The van der Waals surface area contributed by atoms with Gasteiger partial charge >= 0.3 is 0 Å². The lowest BCUT2D eigenvalue weighted by molar-refractivity contribution is -0.132. The number of rotatable bonds is 4. The van der Waals surface area contributed by atoms with Crippen molar-refractivity contribution in [1.29, 1.82) is 0 Å². The fraction of sp³-hybridized carbons (Fsp3) is 0.235. The molecule has 0 radical (unpaired) electrons. The van der Waals surface area contributed by atoms with Gasteiger partial charge in [0.2, 0.25) is 11.8 Å². The van der Waals surface area contributed by atoms with Gasteiger partial charge in [-0.05, 0) is 42.3 Å². The summed E-state index contributed by atoms with van der Waals surface area (Å²) in [6.45, 7) is 0.765. The molecule has 2 aromatic rings. The van der Waals surface area contributed by atoms with Crippen molar-refractivity contribution in [3.63, 3.8) is 0 Å². The Morgan fingerprint density at radius 3 is 2.83 bits per heavy atom. The maximum absolute atomic E-state index is 13.3. The van der Waals surface area contributed by atoms with Crippen LogP contribution in [0.25, 0.3) is 0 Å². The lowest BCUT2D eigenvalue weighted by Gasteiger charge is -2.16. The first-order chi connectivity index (χ1) is 11.1. The van der Waals surface area contributed by atoms with Gasteiger partial charge in [-0.25, -0.2) is 4.39 Å². The molecule has 1 aliphatic heterocycles. The van der Waals surface area contributed by atoms with Crippen molar-refractivity contribution >= 4 is 17.5 Å². The van der Waals surface area contributed by atoms with Crippen LogP contribution in [-0.4, -0.2) is 23.3 Å². The van der Waals surface area contributed by atoms with Gasteiger partial charge in [0.25, 0.3) is 0 Å². The van der Waals surface area contributed by atoms with Gasteiger partial charge in [-0.2, -0.15) is 0 Å². The van der Waals surface area contributed by atoms with Crippen molar-refractivity contribution in [2.45, 2.75) is 13.0 Å². The number of pyridine rings is 1. The van der Waals surface area contributed by atoms with E-state index in [-0.39, 0.29) is 11.8 Å². The van der Waals surface area contributed by atoms with Crippen molar-refractivity contribution < 1.29 is 14.0 Å². The molecule has 1 aromatic heterocycles. The van der Waals surface area contributed by atoms with Crippen LogP contribution in [0.2, 0.25) is 0 Å². The normalized spacial score (nSPS) is 17.3. The highest BCUT2D eigenvalue weighted by molar-refractivity contribution is 6.09. The van der Waals surface area contributed by atoms with E-state index in [1.54, 1.807) is 36.7 Å². The molecule has 1 atom stereocenters. The molecule has 1 fully saturated rings. The summed E-state index contributed by atoms with van der Waals surface area (Å²) < 4.78 is 13.3. The van der Waals surface area contributed by atoms with Gasteiger partial charge in [0.15, 0.2) is 0 Å². The quantitative estimate of drug-likeness (QED) is 0.877. The Balaban J connectivity index is 1.63. The predicted molar refractivity (Wildman–Crippen MR) is 82.9 cm³/mol. The Morgan fingerprint density at radius 1 is 1.30 bits per heavy atom. The van der Waals surface area contributed by atoms with E-state index in [1.165, 1.54) is 17.0 Å². The number of hydrogen-bond donors (Lipinski definition) is 1. The number of carbonyl (C=O) groups excluding carboxylic acids is 2. The number of carbonyl (C=O) groups is 2. The second-order valence-electron chi connectivity index (χ2n) is 5.38. The van der Waals surface area contributed by atoms with E-state index in [9.17, 15) is 14.0 Å². The Kier molecular flexibility index (Phi) is 4.32. The van der Waals surface area contributed by atoms with Crippen LogP contribution in [-0.2, 0) is 16.1 Å². The van der Waals surface area contributed by atoms with Crippen LogP contribution in [0.5, 0.6) is 0 Å². The Bertz CT molecular complexity index is 721. The maximum atomic E-state index is 13.3. The molecular formula is C17H16FN3O2. The molecule has 2 heterocycles. The summed E-state index contributed by atoms with van der Waals surface area (Å²) in [6, 6.07) is 9.44. The van der Waals surface area contributed by atoms with E-state index in [2.05, 4.69) is 10.3 Å². The summed E-state index contributed by atoms with van der Waals surface area (Å²) in [6.07, 6.45) is 3.72. The van der Waals surface area contributed by atoms with Crippen molar-refractivity contribution in [3.05, 3.63) is 60.2 Å². The number of aromatic nitrogens is 1. The fourth-order valence-electron chi connectivity index (χ4n) is 2.64. The standard InChI is InChI=1S/C17H16FN3O2/c18-13-2-1-3-14(10-13)21-9-6-15(17(21)23)16(22)20-11-12-4-7-19-8-5-12/h1-5,7-8,10,15H,6,9,11H2,(H,20,22). The third-order valence-corrected chi connectivity index (χ3v) is 3.86. The first-order valence-corrected chi connectivity index (χ1v) is 7.39. The third-order valence-electron chi connectivity index (χ3n) is 3.86. The maximum Gasteiger partial charge on any atom is 0.239 e. The summed E-state index contributed by atoms with van der Waals surface area (Å²) in [4.78, 5) is 30.0. The van der Waals surface area contributed by atoms with Crippen LogP contribution in [0, 0.1) is 11.7 Å². The minimum atomic E-state index is -0.722. The van der Waals surface area contributed by atoms with Crippen molar-refractivity contribution in [3.8, 4) is 0 Å². The fourth-order valence-corrected chi connectivity index (χ4v) is 2.64. The first kappa shape index (κ1) is 15.1. The number of anilines is 1. The number of nitrogens with zero attached hydrogens (tertiary/aromatic N) is 2. The number of halogens is 1. The SMILES string of the molecule is O=C(NCc1ccncc1)C1CCN(c2cccc(F)c2)C1=O. The predicted octanol–water partition coefficient (Wildman–Crippen LogP) is 1.89. The van der Waals surface area contributed by atoms with Crippen LogP contribution < -0.4 is 10.2 Å². The average molecular weight is 313 g/mol. The van der Waals surface area contributed by atoms with Crippen molar-refractivity contribution in [2.24, 2.45) is 5.92 Å². The molecule has 1 N–H and O–H groups in total. The van der Waals surface area contributed by atoms with Gasteiger partial charge in [-0.1, -0.05) is 6.07 Å². The van der Waals surface area contributed by atoms with Crippen LogP contribution >= 0.6 is 0 Å². The average Bonchev–Trinajstić information content (AvgIpc) is 2.95. The van der Waals surface area contributed by atoms with Crippen molar-refractivity contribution in [1.82, 2.24) is 10.3 Å². The zero-order valence-electron chi connectivity index (χ0n) is 12.4. The molecule has 1 saturated heterocycles. The van der Waals surface area contributed by atoms with Crippen molar-refractivity contribution in [2.75, 3.05) is 11.4 Å². The monoisotopic (exact) mass is 313 g/mol. The van der Waals surface area contributed by atoms with E-state index < -0.39 is 11.7 Å². The smallest absolute Gasteiger partial charge is 0.239 e. The molecule has 5 nitrogen and oxygen atoms in total. The Morgan fingerprint density at radius 2 is 2.09 bits per heavy atom. The van der Waals surface area contributed by atoms with Gasteiger partial charge in [0.05, 0.1) is 0 Å². The van der Waals surface area contributed by atoms with E-state index >= 15 is 0 Å². The second kappa shape index (κ2) is 6.56. The molecule has 118 valence electrons. The molecule has 1 aromatic carbocycles. The zero-order valence-corrected chi connectivity index (χ0v) is 12.4. The minimum absolute atomic E-state index is 0.289. The molecule has 6 heteroatoms. The molecule has 0 aliphatic carbocycles. The van der Waals surface area contributed by atoms with Crippen LogP contribution in [0.15, 0.2) is 48.8 Å². The lowest BCUT2D eigenvalue weighted by atomic mass is 10.1. The van der Waals surface area contributed by atoms with E-state index in [1.807, 2.05) is 0 Å². The number of amides is 2. The summed E-state index contributed by atoms with van der Waals surface area (Å²) in [5, 5.41) is 2.77. The summed E-state index contributed by atoms with van der Waals surface area (Å²) in [5.41, 5.74) is 1.40. The lowest BCUT2D eigenvalue weighted by Crippen LogP contribution is -2.36. The Hall–Kier alpha value is -2.76. The topological polar surface area (TPSA) is 62.3 Å². The summed E-state index contributed by atoms with van der Waals surface area (Å²) in [7, 11) is 0. The van der Waals surface area contributed by atoms with Gasteiger partial charge in [-0.15, -0.1) is 0 Å². The Labute approximate surface area is 133 Å². The minimum Gasteiger partial charge on any atom is -0.351 e. The van der Waals surface area contributed by atoms with Gasteiger partial charge in [0, 0.05) is 31.2 Å². The van der Waals surface area contributed by atoms with Crippen LogP contribution in [0.1, 0.15) is 12.0 Å². The van der Waals surface area contributed by atoms with Crippen LogP contribution in [0.3, 0.4) is 0 Å². The number of benzene rings is 1. The molecule has 0 spiro atoms. The second-order valence-corrected chi connectivity index (χ2v) is 5.38. The molecule has 2 amide bonds. The molecule has 23 heavy (non-hydrogen) atoms. The molecule has 0 bridgehead atoms. The highest BCUT2D eigenvalue weighted by Gasteiger charge is 2.37. The molecular weight excluding hydrogens is 297 g/mol. The number of hydrogen-bond acceptors (Lipinski definition) is 3. The van der Waals surface area contributed by atoms with Gasteiger partial charge < -0.3 is 10.2 Å². The summed E-state index contributed by atoms with van der Waals surface area (Å²) in [5.74, 6) is -1.71. The highest BCUT2D eigenvalue weighted by atomic mass is 19.1. The molecule has 1 aliphatic rings. The number of nitrogens with one attached hydrogen (secondary N) is 1. The molecule has 0 saturated carbocycles. The largest absolute Gasteiger partial charge is 0.351 e. The van der Waals surface area contributed by atoms with E-state index in [0.29, 0.717) is 25.2 Å². The molecule has 1 unspecified atom stereocenters. The third kappa shape index (κ3) is 3.36. The van der Waals surface area contributed by atoms with Gasteiger partial charge in [0.1, 0.15) is 11.7 Å². The van der Waals surface area contributed by atoms with Gasteiger partial charge in [-0.3, -0.25) is 14.6 Å². The first-order valence-electron chi connectivity index (χ1n) is 7.39. The highest BCUT2D eigenvalue weighted by Crippen LogP contribution is 2.25. The zero-order chi connectivity index (χ0) is 16.2. The van der Waals surface area contributed by atoms with E-state index in [4.69, 9.17) is 0 Å². The van der Waals surface area contributed by atoms with E-state index in [0.717, 1.165) is 5.56 Å². The van der Waals surface area contributed by atoms with Crippen LogP contribution in [0.4, 0.5) is 10.1 Å².